The average molecular weight is 262 g/mol. The van der Waals surface area contributed by atoms with Crippen molar-refractivity contribution in [3.63, 3.8) is 0 Å². The van der Waals surface area contributed by atoms with E-state index in [2.05, 4.69) is 5.32 Å². The van der Waals surface area contributed by atoms with Gasteiger partial charge in [-0.15, -0.1) is 0 Å². The highest BCUT2D eigenvalue weighted by Crippen LogP contribution is 2.21. The Morgan fingerprint density at radius 2 is 2.16 bits per heavy atom. The minimum Gasteiger partial charge on any atom is -0.378 e. The summed E-state index contributed by atoms with van der Waals surface area (Å²) in [5.41, 5.74) is 7.38. The van der Waals surface area contributed by atoms with E-state index in [4.69, 9.17) is 10.5 Å². The Morgan fingerprint density at radius 3 is 2.89 bits per heavy atom. The van der Waals surface area contributed by atoms with Crippen LogP contribution in [0.15, 0.2) is 24.3 Å². The van der Waals surface area contributed by atoms with E-state index in [-0.39, 0.29) is 5.91 Å². The highest BCUT2D eigenvalue weighted by molar-refractivity contribution is 5.90. The lowest BCUT2D eigenvalue weighted by Crippen LogP contribution is -2.17. The van der Waals surface area contributed by atoms with Crippen molar-refractivity contribution in [2.24, 2.45) is 5.73 Å². The summed E-state index contributed by atoms with van der Waals surface area (Å²) < 4.78 is 5.68. The minimum absolute atomic E-state index is 0.00725. The van der Waals surface area contributed by atoms with Crippen LogP contribution >= 0.6 is 0 Å². The van der Waals surface area contributed by atoms with Crippen LogP contribution in [0.1, 0.15) is 37.7 Å². The third kappa shape index (κ3) is 4.65. The van der Waals surface area contributed by atoms with E-state index < -0.39 is 0 Å². The molecule has 19 heavy (non-hydrogen) atoms. The van der Waals surface area contributed by atoms with E-state index in [1.807, 2.05) is 24.3 Å². The molecule has 1 aliphatic carbocycles. The quantitative estimate of drug-likeness (QED) is 0.827. The van der Waals surface area contributed by atoms with Crippen LogP contribution in [-0.2, 0) is 16.1 Å². The first-order chi connectivity index (χ1) is 9.28. The number of rotatable bonds is 6. The van der Waals surface area contributed by atoms with Crippen LogP contribution in [0.2, 0.25) is 0 Å². The van der Waals surface area contributed by atoms with Gasteiger partial charge in [-0.1, -0.05) is 25.0 Å². The molecule has 4 nitrogen and oxygen atoms in total. The molecule has 2 rings (SSSR count). The van der Waals surface area contributed by atoms with Crippen LogP contribution in [0.5, 0.6) is 0 Å². The van der Waals surface area contributed by atoms with Gasteiger partial charge in [0.15, 0.2) is 0 Å². The number of hydrogen-bond donors (Lipinski definition) is 2. The molecular weight excluding hydrogens is 240 g/mol. The summed E-state index contributed by atoms with van der Waals surface area (Å²) in [5, 5.41) is 2.87. The molecule has 3 N–H and O–H groups in total. The van der Waals surface area contributed by atoms with Gasteiger partial charge in [0.2, 0.25) is 5.91 Å². The maximum absolute atomic E-state index is 11.8. The number of nitrogens with one attached hydrogen (secondary N) is 1. The van der Waals surface area contributed by atoms with Crippen molar-refractivity contribution in [2.45, 2.75) is 44.8 Å². The summed E-state index contributed by atoms with van der Waals surface area (Å²) in [7, 11) is 0. The van der Waals surface area contributed by atoms with Crippen molar-refractivity contribution in [3.05, 3.63) is 29.8 Å². The molecule has 0 saturated heterocycles. The van der Waals surface area contributed by atoms with Gasteiger partial charge in [0.1, 0.15) is 0 Å². The molecular formula is C15H22N2O2. The Labute approximate surface area is 114 Å². The fraction of sp³-hybridized carbons (Fsp3) is 0.533. The van der Waals surface area contributed by atoms with Crippen molar-refractivity contribution in [1.29, 1.82) is 0 Å². The molecule has 0 spiro atoms. The van der Waals surface area contributed by atoms with Crippen molar-refractivity contribution >= 4 is 11.6 Å². The second-order valence-corrected chi connectivity index (χ2v) is 4.98. The Morgan fingerprint density at radius 1 is 1.37 bits per heavy atom. The van der Waals surface area contributed by atoms with Crippen molar-refractivity contribution in [1.82, 2.24) is 0 Å². The standard InChI is InChI=1S/C15H22N2O2/c16-11-12-4-3-5-13(10-12)17-15(18)8-9-19-14-6-1-2-7-14/h3-5,10,14H,1-2,6-9,11,16H2,(H,17,18). The van der Waals surface area contributed by atoms with E-state index in [9.17, 15) is 4.79 Å². The van der Waals surface area contributed by atoms with Crippen molar-refractivity contribution < 1.29 is 9.53 Å². The smallest absolute Gasteiger partial charge is 0.226 e. The lowest BCUT2D eigenvalue weighted by atomic mass is 10.2. The Kier molecular flexibility index (Phi) is 5.36. The van der Waals surface area contributed by atoms with Crippen LogP contribution in [0.25, 0.3) is 0 Å². The molecule has 1 aromatic rings. The molecule has 1 fully saturated rings. The van der Waals surface area contributed by atoms with Crippen LogP contribution in [0.3, 0.4) is 0 Å². The van der Waals surface area contributed by atoms with Gasteiger partial charge in [0, 0.05) is 12.2 Å². The molecule has 1 aromatic carbocycles. The number of carbonyl (C=O) groups is 1. The largest absolute Gasteiger partial charge is 0.378 e. The summed E-state index contributed by atoms with van der Waals surface area (Å²) >= 11 is 0. The van der Waals surface area contributed by atoms with E-state index in [1.54, 1.807) is 0 Å². The maximum atomic E-state index is 11.8. The molecule has 1 aliphatic rings. The van der Waals surface area contributed by atoms with E-state index in [0.29, 0.717) is 25.7 Å². The zero-order chi connectivity index (χ0) is 13.5. The molecule has 104 valence electrons. The topological polar surface area (TPSA) is 64.3 Å². The van der Waals surface area contributed by atoms with E-state index in [1.165, 1.54) is 12.8 Å². The highest BCUT2D eigenvalue weighted by Gasteiger charge is 2.15. The van der Waals surface area contributed by atoms with E-state index in [0.717, 1.165) is 24.1 Å². The van der Waals surface area contributed by atoms with Gasteiger partial charge in [-0.05, 0) is 30.5 Å². The molecule has 0 radical (unpaired) electrons. The first-order valence-electron chi connectivity index (χ1n) is 6.98. The molecule has 1 amide bonds. The average Bonchev–Trinajstić information content (AvgIpc) is 2.92. The number of nitrogens with two attached hydrogens (primary N) is 1. The Hall–Kier alpha value is -1.39. The van der Waals surface area contributed by atoms with Gasteiger partial charge in [-0.2, -0.15) is 0 Å². The third-order valence-corrected chi connectivity index (χ3v) is 3.43. The Balaban J connectivity index is 1.70. The molecule has 0 bridgehead atoms. The zero-order valence-corrected chi connectivity index (χ0v) is 11.2. The van der Waals surface area contributed by atoms with Crippen molar-refractivity contribution in [2.75, 3.05) is 11.9 Å². The van der Waals surface area contributed by atoms with Crippen LogP contribution in [0.4, 0.5) is 5.69 Å². The second-order valence-electron chi connectivity index (χ2n) is 4.98. The normalized spacial score (nSPS) is 15.6. The first kappa shape index (κ1) is 14.0. The first-order valence-corrected chi connectivity index (χ1v) is 6.98. The molecule has 1 saturated carbocycles. The molecule has 0 unspecified atom stereocenters. The molecule has 0 aliphatic heterocycles. The molecule has 0 heterocycles. The molecule has 4 heteroatoms. The number of benzene rings is 1. The summed E-state index contributed by atoms with van der Waals surface area (Å²) in [6, 6.07) is 7.61. The number of anilines is 1. The lowest BCUT2D eigenvalue weighted by molar-refractivity contribution is -0.117. The SMILES string of the molecule is NCc1cccc(NC(=O)CCOC2CCCC2)c1. The number of ether oxygens (including phenoxy) is 1. The predicted molar refractivity (Wildman–Crippen MR) is 75.8 cm³/mol. The van der Waals surface area contributed by atoms with Gasteiger partial charge in [0.25, 0.3) is 0 Å². The monoisotopic (exact) mass is 262 g/mol. The van der Waals surface area contributed by atoms with Gasteiger partial charge < -0.3 is 15.8 Å². The third-order valence-electron chi connectivity index (χ3n) is 3.43. The van der Waals surface area contributed by atoms with Gasteiger partial charge in [-0.3, -0.25) is 4.79 Å². The summed E-state index contributed by atoms with van der Waals surface area (Å²) in [5.74, 6) is -0.00725. The minimum atomic E-state index is -0.00725. The van der Waals surface area contributed by atoms with Crippen LogP contribution < -0.4 is 11.1 Å². The van der Waals surface area contributed by atoms with Crippen LogP contribution in [0, 0.1) is 0 Å². The van der Waals surface area contributed by atoms with Gasteiger partial charge in [0.05, 0.1) is 19.1 Å². The number of amides is 1. The van der Waals surface area contributed by atoms with Gasteiger partial charge in [-0.25, -0.2) is 0 Å². The van der Waals surface area contributed by atoms with Gasteiger partial charge >= 0.3 is 0 Å². The zero-order valence-electron chi connectivity index (χ0n) is 11.2. The Bertz CT molecular complexity index is 414. The van der Waals surface area contributed by atoms with E-state index >= 15 is 0 Å². The van der Waals surface area contributed by atoms with Crippen LogP contribution in [-0.4, -0.2) is 18.6 Å². The highest BCUT2D eigenvalue weighted by atomic mass is 16.5. The molecule has 0 aromatic heterocycles. The summed E-state index contributed by atoms with van der Waals surface area (Å²) in [4.78, 5) is 11.8. The van der Waals surface area contributed by atoms with Crippen molar-refractivity contribution in [3.8, 4) is 0 Å². The second kappa shape index (κ2) is 7.26. The summed E-state index contributed by atoms with van der Waals surface area (Å²) in [6.45, 7) is 0.988. The number of carbonyl (C=O) groups excluding carboxylic acids is 1. The fourth-order valence-electron chi connectivity index (χ4n) is 2.37. The number of hydrogen-bond acceptors (Lipinski definition) is 3. The molecule has 0 atom stereocenters. The maximum Gasteiger partial charge on any atom is 0.226 e. The summed E-state index contributed by atoms with van der Waals surface area (Å²) in [6.07, 6.45) is 5.56. The predicted octanol–water partition coefficient (Wildman–Crippen LogP) is 2.43. The lowest BCUT2D eigenvalue weighted by Gasteiger charge is -2.11. The fourth-order valence-corrected chi connectivity index (χ4v) is 2.37.